The van der Waals surface area contributed by atoms with E-state index in [-0.39, 0.29) is 23.6 Å². The second kappa shape index (κ2) is 6.55. The highest BCUT2D eigenvalue weighted by Crippen LogP contribution is 2.33. The van der Waals surface area contributed by atoms with Crippen molar-refractivity contribution < 1.29 is 14.0 Å². The van der Waals surface area contributed by atoms with E-state index in [4.69, 9.17) is 5.73 Å². The number of halogens is 1. The number of rotatable bonds is 3. The molecule has 1 aliphatic rings. The van der Waals surface area contributed by atoms with Gasteiger partial charge in [-0.1, -0.05) is 6.07 Å². The summed E-state index contributed by atoms with van der Waals surface area (Å²) in [6.07, 6.45) is 1.51. The number of aromatic nitrogens is 1. The molecule has 1 aromatic carbocycles. The quantitative estimate of drug-likeness (QED) is 0.872. The highest BCUT2D eigenvalue weighted by atomic mass is 19.1. The summed E-state index contributed by atoms with van der Waals surface area (Å²) in [6, 6.07) is 9.18. The highest BCUT2D eigenvalue weighted by Gasteiger charge is 2.37. The zero-order valence-electron chi connectivity index (χ0n) is 14.4. The van der Waals surface area contributed by atoms with Gasteiger partial charge < -0.3 is 16.0 Å². The first-order chi connectivity index (χ1) is 12.3. The van der Waals surface area contributed by atoms with Crippen LogP contribution in [0.2, 0.25) is 0 Å². The van der Waals surface area contributed by atoms with Gasteiger partial charge in [-0.05, 0) is 37.3 Å². The minimum Gasteiger partial charge on any atom is -0.379 e. The summed E-state index contributed by atoms with van der Waals surface area (Å²) in [5.74, 6) is -1.49. The summed E-state index contributed by atoms with van der Waals surface area (Å²) in [7, 11) is 1.58. The molecule has 134 valence electrons. The molecule has 0 aliphatic carbocycles. The number of carbonyl (C=O) groups is 2. The number of nitrogens with one attached hydrogen (secondary N) is 1. The molecule has 2 aromatic rings. The maximum atomic E-state index is 14.5. The van der Waals surface area contributed by atoms with E-state index in [0.717, 1.165) is 0 Å². The molecular formula is C18H18FN5O2. The summed E-state index contributed by atoms with van der Waals surface area (Å²) in [6.45, 7) is 1.85. The van der Waals surface area contributed by atoms with E-state index in [2.05, 4.69) is 15.3 Å². The molecular weight excluding hydrogens is 337 g/mol. The van der Waals surface area contributed by atoms with Crippen LogP contribution in [0.3, 0.4) is 0 Å². The number of nitrogens with two attached hydrogens (primary N) is 1. The van der Waals surface area contributed by atoms with Crippen LogP contribution in [0.4, 0.5) is 10.1 Å². The Hall–Kier alpha value is -3.29. The SMILES string of the molecule is CN1CC(C)(c2cc(NC(=O)c3ccccn3)ccc2F)N=C(N)C1=O. The third-order valence-corrected chi connectivity index (χ3v) is 4.18. The number of hydrogen-bond acceptors (Lipinski definition) is 5. The van der Waals surface area contributed by atoms with Crippen molar-refractivity contribution in [2.45, 2.75) is 12.5 Å². The van der Waals surface area contributed by atoms with E-state index in [1.807, 2.05) is 0 Å². The minimum absolute atomic E-state index is 0.168. The van der Waals surface area contributed by atoms with E-state index in [0.29, 0.717) is 5.69 Å². The van der Waals surface area contributed by atoms with E-state index < -0.39 is 23.2 Å². The fourth-order valence-electron chi connectivity index (χ4n) is 2.93. The molecule has 0 bridgehead atoms. The lowest BCUT2D eigenvalue weighted by molar-refractivity contribution is -0.124. The van der Waals surface area contributed by atoms with Gasteiger partial charge in [-0.15, -0.1) is 0 Å². The second-order valence-electron chi connectivity index (χ2n) is 6.30. The van der Waals surface area contributed by atoms with Gasteiger partial charge in [0.1, 0.15) is 17.1 Å². The Morgan fingerprint density at radius 3 is 2.77 bits per heavy atom. The van der Waals surface area contributed by atoms with E-state index in [9.17, 15) is 14.0 Å². The molecule has 2 amide bonds. The van der Waals surface area contributed by atoms with Crippen LogP contribution in [-0.4, -0.2) is 41.1 Å². The molecule has 8 heteroatoms. The molecule has 0 saturated heterocycles. The van der Waals surface area contributed by atoms with Gasteiger partial charge >= 0.3 is 0 Å². The normalized spacial score (nSPS) is 19.9. The van der Waals surface area contributed by atoms with Gasteiger partial charge in [-0.25, -0.2) is 4.39 Å². The van der Waals surface area contributed by atoms with Crippen molar-refractivity contribution in [1.82, 2.24) is 9.88 Å². The Balaban J connectivity index is 1.94. The van der Waals surface area contributed by atoms with Crippen molar-refractivity contribution in [3.63, 3.8) is 0 Å². The molecule has 1 atom stereocenters. The van der Waals surface area contributed by atoms with Crippen molar-refractivity contribution in [1.29, 1.82) is 0 Å². The van der Waals surface area contributed by atoms with Crippen LogP contribution >= 0.6 is 0 Å². The highest BCUT2D eigenvalue weighted by molar-refractivity contribution is 6.37. The summed E-state index contributed by atoms with van der Waals surface area (Å²) >= 11 is 0. The predicted molar refractivity (Wildman–Crippen MR) is 95.2 cm³/mol. The van der Waals surface area contributed by atoms with Gasteiger partial charge in [0.2, 0.25) is 0 Å². The van der Waals surface area contributed by atoms with Crippen LogP contribution in [0.15, 0.2) is 47.6 Å². The van der Waals surface area contributed by atoms with Gasteiger partial charge in [-0.3, -0.25) is 19.6 Å². The number of anilines is 1. The third kappa shape index (κ3) is 3.26. The summed E-state index contributed by atoms with van der Waals surface area (Å²) < 4.78 is 14.5. The van der Waals surface area contributed by atoms with Crippen molar-refractivity contribution in [3.8, 4) is 0 Å². The molecule has 7 nitrogen and oxygen atoms in total. The maximum absolute atomic E-state index is 14.5. The molecule has 1 unspecified atom stereocenters. The summed E-state index contributed by atoms with van der Waals surface area (Å²) in [5.41, 5.74) is 5.51. The molecule has 1 aliphatic heterocycles. The standard InChI is InChI=1S/C18H18FN5O2/c1-18(10-24(2)17(26)15(20)23-18)12-9-11(6-7-13(12)19)22-16(25)14-5-3-4-8-21-14/h3-9H,10H2,1-2H3,(H2,20,23)(H,22,25). The van der Waals surface area contributed by atoms with Gasteiger partial charge in [0, 0.05) is 24.5 Å². The zero-order valence-corrected chi connectivity index (χ0v) is 14.4. The molecule has 3 N–H and O–H groups in total. The number of nitrogens with zero attached hydrogens (tertiary/aromatic N) is 3. The van der Waals surface area contributed by atoms with Gasteiger partial charge in [0.15, 0.2) is 5.84 Å². The second-order valence-corrected chi connectivity index (χ2v) is 6.30. The molecule has 2 heterocycles. The number of amidine groups is 1. The molecule has 26 heavy (non-hydrogen) atoms. The number of likely N-dealkylation sites (N-methyl/N-ethyl adjacent to an activating group) is 1. The molecule has 0 saturated carbocycles. The number of amides is 2. The summed E-state index contributed by atoms with van der Waals surface area (Å²) in [5, 5.41) is 2.68. The number of pyridine rings is 1. The third-order valence-electron chi connectivity index (χ3n) is 4.18. The fourth-order valence-corrected chi connectivity index (χ4v) is 2.93. The Labute approximate surface area is 149 Å². The zero-order chi connectivity index (χ0) is 18.9. The number of benzene rings is 1. The van der Waals surface area contributed by atoms with Crippen LogP contribution in [0.5, 0.6) is 0 Å². The van der Waals surface area contributed by atoms with Crippen molar-refractivity contribution >= 4 is 23.3 Å². The average molecular weight is 355 g/mol. The lowest BCUT2D eigenvalue weighted by Gasteiger charge is -2.35. The molecule has 0 fully saturated rings. The van der Waals surface area contributed by atoms with Gasteiger partial charge in [0.25, 0.3) is 11.8 Å². The monoisotopic (exact) mass is 355 g/mol. The molecule has 1 aromatic heterocycles. The van der Waals surface area contributed by atoms with Gasteiger partial charge in [0.05, 0.1) is 6.54 Å². The van der Waals surface area contributed by atoms with Crippen molar-refractivity contribution in [2.75, 3.05) is 18.9 Å². The number of hydrogen-bond donors (Lipinski definition) is 2. The van der Waals surface area contributed by atoms with E-state index >= 15 is 0 Å². The number of aliphatic imine (C=N–C) groups is 1. The lowest BCUT2D eigenvalue weighted by atomic mass is 9.89. The van der Waals surface area contributed by atoms with Crippen LogP contribution < -0.4 is 11.1 Å². The number of carbonyl (C=O) groups excluding carboxylic acids is 2. The lowest BCUT2D eigenvalue weighted by Crippen LogP contribution is -2.50. The average Bonchev–Trinajstić information content (AvgIpc) is 2.62. The molecule has 0 spiro atoms. The predicted octanol–water partition coefficient (Wildman–Crippen LogP) is 1.52. The first-order valence-electron chi connectivity index (χ1n) is 7.93. The first-order valence-corrected chi connectivity index (χ1v) is 7.93. The largest absolute Gasteiger partial charge is 0.379 e. The fraction of sp³-hybridized carbons (Fsp3) is 0.222. The Morgan fingerprint density at radius 1 is 1.35 bits per heavy atom. The topological polar surface area (TPSA) is 101 Å². The smallest absolute Gasteiger partial charge is 0.288 e. The van der Waals surface area contributed by atoms with Crippen molar-refractivity contribution in [2.24, 2.45) is 10.7 Å². The first kappa shape index (κ1) is 17.5. The van der Waals surface area contributed by atoms with Crippen LogP contribution in [0, 0.1) is 5.82 Å². The van der Waals surface area contributed by atoms with E-state index in [1.165, 1.54) is 29.3 Å². The Bertz CT molecular complexity index is 900. The Kier molecular flexibility index (Phi) is 4.41. The molecule has 3 rings (SSSR count). The maximum Gasteiger partial charge on any atom is 0.288 e. The Morgan fingerprint density at radius 2 is 2.12 bits per heavy atom. The van der Waals surface area contributed by atoms with Crippen LogP contribution in [0.25, 0.3) is 0 Å². The minimum atomic E-state index is -1.05. The van der Waals surface area contributed by atoms with Crippen molar-refractivity contribution in [3.05, 3.63) is 59.7 Å². The molecule has 0 radical (unpaired) electrons. The van der Waals surface area contributed by atoms with E-state index in [1.54, 1.807) is 32.2 Å². The van der Waals surface area contributed by atoms with Gasteiger partial charge in [-0.2, -0.15) is 0 Å². The summed E-state index contributed by atoms with van der Waals surface area (Å²) in [4.78, 5) is 33.6. The van der Waals surface area contributed by atoms with Crippen LogP contribution in [-0.2, 0) is 10.3 Å². The van der Waals surface area contributed by atoms with Crippen LogP contribution in [0.1, 0.15) is 23.0 Å².